The number of ether oxygens (including phenoxy) is 2. The molecule has 1 aliphatic rings. The molecule has 1 aliphatic heterocycles. The summed E-state index contributed by atoms with van der Waals surface area (Å²) in [5.41, 5.74) is 0. The van der Waals surface area contributed by atoms with Crippen LogP contribution in [0.4, 0.5) is 17.6 Å². The summed E-state index contributed by atoms with van der Waals surface area (Å²) in [6.07, 6.45) is -3.66. The summed E-state index contributed by atoms with van der Waals surface area (Å²) in [6, 6.07) is -0.488. The molecular formula is C9H15F4NO2. The Hall–Kier alpha value is -0.400. The first-order valence-corrected chi connectivity index (χ1v) is 4.90. The van der Waals surface area contributed by atoms with Crippen LogP contribution in [0.5, 0.6) is 0 Å². The normalized spacial score (nSPS) is 22.7. The molecule has 7 heteroatoms. The zero-order valence-electron chi connectivity index (χ0n) is 9.10. The maximum absolute atomic E-state index is 12.6. The van der Waals surface area contributed by atoms with Gasteiger partial charge in [-0.3, -0.25) is 0 Å². The van der Waals surface area contributed by atoms with E-state index in [-0.39, 0.29) is 13.2 Å². The second kappa shape index (κ2) is 4.85. The van der Waals surface area contributed by atoms with Crippen LogP contribution in [-0.4, -0.2) is 43.9 Å². The molecule has 0 amide bonds. The van der Waals surface area contributed by atoms with Gasteiger partial charge < -0.3 is 14.8 Å². The number of rotatable bonds is 4. The van der Waals surface area contributed by atoms with Crippen LogP contribution >= 0.6 is 0 Å². The van der Waals surface area contributed by atoms with Gasteiger partial charge in [0.05, 0.1) is 25.8 Å². The molecule has 1 N–H and O–H groups in total. The summed E-state index contributed by atoms with van der Waals surface area (Å²) in [5.74, 6) is -4.77. The summed E-state index contributed by atoms with van der Waals surface area (Å²) in [6.45, 7) is 2.62. The van der Waals surface area contributed by atoms with Crippen molar-refractivity contribution in [3.8, 4) is 0 Å². The van der Waals surface area contributed by atoms with Crippen molar-refractivity contribution in [1.82, 2.24) is 5.32 Å². The van der Waals surface area contributed by atoms with Crippen molar-refractivity contribution in [2.75, 3.05) is 19.8 Å². The molecule has 3 nitrogen and oxygen atoms in total. The smallest absolute Gasteiger partial charge is 0.319 e. The molecule has 0 aromatic carbocycles. The number of hydrogen-bond acceptors (Lipinski definition) is 3. The van der Waals surface area contributed by atoms with Gasteiger partial charge in [-0.2, -0.15) is 8.78 Å². The Kier molecular flexibility index (Phi) is 4.14. The van der Waals surface area contributed by atoms with E-state index < -0.39 is 30.7 Å². The monoisotopic (exact) mass is 245 g/mol. The maximum Gasteiger partial charge on any atom is 0.319 e. The third-order valence-corrected chi connectivity index (χ3v) is 2.21. The van der Waals surface area contributed by atoms with Gasteiger partial charge in [-0.25, -0.2) is 8.78 Å². The Labute approximate surface area is 91.1 Å². The molecule has 1 fully saturated rings. The highest BCUT2D eigenvalue weighted by atomic mass is 19.3. The highest BCUT2D eigenvalue weighted by Crippen LogP contribution is 2.22. The van der Waals surface area contributed by atoms with Gasteiger partial charge in [-0.1, -0.05) is 0 Å². The molecule has 0 unspecified atom stereocenters. The quantitative estimate of drug-likeness (QED) is 0.763. The number of hydrogen-bond donors (Lipinski definition) is 1. The minimum Gasteiger partial charge on any atom is -0.349 e. The topological polar surface area (TPSA) is 30.5 Å². The van der Waals surface area contributed by atoms with Crippen molar-refractivity contribution in [2.45, 2.75) is 38.0 Å². The first kappa shape index (κ1) is 13.7. The van der Waals surface area contributed by atoms with E-state index in [0.29, 0.717) is 0 Å². The zero-order valence-corrected chi connectivity index (χ0v) is 9.10. The Balaban J connectivity index is 2.30. The van der Waals surface area contributed by atoms with Crippen molar-refractivity contribution in [1.29, 1.82) is 0 Å². The fraction of sp³-hybridized carbons (Fsp3) is 1.00. The van der Waals surface area contributed by atoms with E-state index in [2.05, 4.69) is 5.32 Å². The number of alkyl halides is 4. The van der Waals surface area contributed by atoms with E-state index in [1.54, 1.807) is 13.8 Å². The average molecular weight is 245 g/mol. The molecule has 0 saturated carbocycles. The fourth-order valence-corrected chi connectivity index (χ4v) is 1.17. The lowest BCUT2D eigenvalue weighted by molar-refractivity contribution is -0.254. The highest BCUT2D eigenvalue weighted by Gasteiger charge is 2.41. The van der Waals surface area contributed by atoms with Crippen LogP contribution < -0.4 is 5.32 Å². The van der Waals surface area contributed by atoms with Gasteiger partial charge in [-0.15, -0.1) is 0 Å². The van der Waals surface area contributed by atoms with E-state index in [1.165, 1.54) is 0 Å². The molecule has 0 spiro atoms. The van der Waals surface area contributed by atoms with E-state index in [1.807, 2.05) is 0 Å². The molecule has 0 aliphatic carbocycles. The molecule has 0 aromatic rings. The SMILES string of the molecule is CC1(C)OCC(NCC(F)(F)C(F)F)CO1. The van der Waals surface area contributed by atoms with Crippen LogP contribution in [0.3, 0.4) is 0 Å². The molecule has 96 valence electrons. The Morgan fingerprint density at radius 2 is 1.81 bits per heavy atom. The first-order chi connectivity index (χ1) is 7.23. The minimum atomic E-state index is -4.02. The van der Waals surface area contributed by atoms with Crippen molar-refractivity contribution < 1.29 is 27.0 Å². The Morgan fingerprint density at radius 3 is 2.25 bits per heavy atom. The Bertz CT molecular complexity index is 226. The summed E-state index contributed by atoms with van der Waals surface area (Å²) in [4.78, 5) is 0. The third kappa shape index (κ3) is 3.88. The second-order valence-electron chi connectivity index (χ2n) is 4.16. The molecule has 0 aromatic heterocycles. The Morgan fingerprint density at radius 1 is 1.31 bits per heavy atom. The lowest BCUT2D eigenvalue weighted by Crippen LogP contribution is -2.52. The van der Waals surface area contributed by atoms with E-state index in [4.69, 9.17) is 9.47 Å². The van der Waals surface area contributed by atoms with Crippen LogP contribution in [0.15, 0.2) is 0 Å². The lowest BCUT2D eigenvalue weighted by atomic mass is 10.2. The van der Waals surface area contributed by atoms with Crippen LogP contribution in [0.25, 0.3) is 0 Å². The summed E-state index contributed by atoms with van der Waals surface area (Å²) in [5, 5.41) is 2.30. The van der Waals surface area contributed by atoms with Crippen molar-refractivity contribution in [2.24, 2.45) is 0 Å². The zero-order chi connectivity index (χ0) is 12.4. The number of nitrogens with one attached hydrogen (secondary N) is 1. The molecule has 0 atom stereocenters. The van der Waals surface area contributed by atoms with Gasteiger partial charge in [0.2, 0.25) is 0 Å². The molecule has 16 heavy (non-hydrogen) atoms. The standard InChI is InChI=1S/C9H15F4NO2/c1-8(2)15-3-6(4-16-8)14-5-9(12,13)7(10)11/h6-7,14H,3-5H2,1-2H3. The van der Waals surface area contributed by atoms with Gasteiger partial charge in [0.25, 0.3) is 0 Å². The predicted octanol–water partition coefficient (Wildman–Crippen LogP) is 1.63. The molecule has 1 saturated heterocycles. The maximum atomic E-state index is 12.6. The highest BCUT2D eigenvalue weighted by molar-refractivity contribution is 4.78. The van der Waals surface area contributed by atoms with Crippen molar-refractivity contribution in [3.63, 3.8) is 0 Å². The predicted molar refractivity (Wildman–Crippen MR) is 48.7 cm³/mol. The lowest BCUT2D eigenvalue weighted by Gasteiger charge is -2.35. The van der Waals surface area contributed by atoms with Gasteiger partial charge in [0, 0.05) is 0 Å². The largest absolute Gasteiger partial charge is 0.349 e. The molecule has 1 heterocycles. The summed E-state index contributed by atoms with van der Waals surface area (Å²) >= 11 is 0. The van der Waals surface area contributed by atoms with Gasteiger partial charge in [0.15, 0.2) is 5.79 Å². The summed E-state index contributed by atoms with van der Waals surface area (Å²) < 4.78 is 59.2. The minimum absolute atomic E-state index is 0.159. The van der Waals surface area contributed by atoms with Crippen LogP contribution in [0, 0.1) is 0 Å². The van der Waals surface area contributed by atoms with Gasteiger partial charge in [0.1, 0.15) is 0 Å². The van der Waals surface area contributed by atoms with Crippen LogP contribution in [0.2, 0.25) is 0 Å². The van der Waals surface area contributed by atoms with Crippen molar-refractivity contribution >= 4 is 0 Å². The van der Waals surface area contributed by atoms with Gasteiger partial charge in [-0.05, 0) is 13.8 Å². The summed E-state index contributed by atoms with van der Waals surface area (Å²) in [7, 11) is 0. The molecule has 0 bridgehead atoms. The first-order valence-electron chi connectivity index (χ1n) is 4.90. The average Bonchev–Trinajstić information content (AvgIpc) is 2.16. The molecular weight excluding hydrogens is 230 g/mol. The van der Waals surface area contributed by atoms with E-state index in [0.717, 1.165) is 0 Å². The second-order valence-corrected chi connectivity index (χ2v) is 4.16. The van der Waals surface area contributed by atoms with E-state index >= 15 is 0 Å². The molecule has 0 radical (unpaired) electrons. The van der Waals surface area contributed by atoms with Crippen molar-refractivity contribution in [3.05, 3.63) is 0 Å². The van der Waals surface area contributed by atoms with Crippen LogP contribution in [0.1, 0.15) is 13.8 Å². The molecule has 1 rings (SSSR count). The van der Waals surface area contributed by atoms with E-state index in [9.17, 15) is 17.6 Å². The third-order valence-electron chi connectivity index (χ3n) is 2.21. The fourth-order valence-electron chi connectivity index (χ4n) is 1.17. The van der Waals surface area contributed by atoms with Crippen LogP contribution in [-0.2, 0) is 9.47 Å². The number of halogens is 4. The van der Waals surface area contributed by atoms with Gasteiger partial charge >= 0.3 is 12.3 Å².